The van der Waals surface area contributed by atoms with Gasteiger partial charge < -0.3 is 21.9 Å². The number of aliphatic imine (C=N–C) groups is 1. The number of rotatable bonds is 5. The van der Waals surface area contributed by atoms with Gasteiger partial charge >= 0.3 is 5.97 Å². The number of aliphatic carboxylic acids is 1. The Balaban J connectivity index is 2.18. The molecule has 7 nitrogen and oxygen atoms in total. The van der Waals surface area contributed by atoms with Crippen molar-refractivity contribution in [2.75, 3.05) is 5.32 Å². The van der Waals surface area contributed by atoms with Crippen LogP contribution in [0.3, 0.4) is 0 Å². The van der Waals surface area contributed by atoms with E-state index in [-0.39, 0.29) is 17.2 Å². The van der Waals surface area contributed by atoms with Crippen molar-refractivity contribution >= 4 is 35.3 Å². The zero-order chi connectivity index (χ0) is 18.4. The molecule has 0 saturated heterocycles. The van der Waals surface area contributed by atoms with E-state index >= 15 is 0 Å². The highest BCUT2D eigenvalue weighted by atomic mass is 19.1. The largest absolute Gasteiger partial charge is 0.478 e. The van der Waals surface area contributed by atoms with E-state index in [0.717, 1.165) is 12.1 Å². The van der Waals surface area contributed by atoms with Crippen LogP contribution in [0.25, 0.3) is 6.08 Å². The predicted molar refractivity (Wildman–Crippen MR) is 92.9 cm³/mol. The number of nitrogens with one attached hydrogen (secondary N) is 1. The second kappa shape index (κ2) is 7.73. The average molecular weight is 342 g/mol. The molecular weight excluding hydrogens is 327 g/mol. The molecule has 0 saturated carbocycles. The fraction of sp³-hybridized carbons (Fsp3) is 0. The van der Waals surface area contributed by atoms with Crippen LogP contribution >= 0.6 is 0 Å². The molecule has 6 N–H and O–H groups in total. The maximum absolute atomic E-state index is 14.1. The Kier molecular flexibility index (Phi) is 5.47. The van der Waals surface area contributed by atoms with Gasteiger partial charge in [-0.1, -0.05) is 12.1 Å². The number of nitrogens with zero attached hydrogens (tertiary/aromatic N) is 1. The molecule has 0 aliphatic rings. The van der Waals surface area contributed by atoms with Crippen molar-refractivity contribution in [3.05, 3.63) is 65.5 Å². The van der Waals surface area contributed by atoms with E-state index in [0.29, 0.717) is 11.3 Å². The van der Waals surface area contributed by atoms with Crippen LogP contribution in [0.15, 0.2) is 53.5 Å². The molecule has 0 fully saturated rings. The molecule has 0 aliphatic carbocycles. The number of benzene rings is 2. The lowest BCUT2D eigenvalue weighted by atomic mass is 10.1. The maximum atomic E-state index is 14.1. The van der Waals surface area contributed by atoms with Gasteiger partial charge in [0.2, 0.25) is 0 Å². The summed E-state index contributed by atoms with van der Waals surface area (Å²) in [6.45, 7) is 0. The average Bonchev–Trinajstić information content (AvgIpc) is 2.54. The molecule has 2 aromatic rings. The second-order valence-corrected chi connectivity index (χ2v) is 4.95. The van der Waals surface area contributed by atoms with E-state index in [1.807, 2.05) is 0 Å². The summed E-state index contributed by atoms with van der Waals surface area (Å²) in [4.78, 5) is 26.5. The van der Waals surface area contributed by atoms with Crippen molar-refractivity contribution in [3.8, 4) is 0 Å². The quantitative estimate of drug-likeness (QED) is 0.375. The number of anilines is 1. The SMILES string of the molecule is NC(N)=Nc1cccc(C(=O)Nc2ccc(/C=C/C(=O)O)cc2F)c1. The molecule has 0 unspecified atom stereocenters. The van der Waals surface area contributed by atoms with Gasteiger partial charge in [0.15, 0.2) is 5.96 Å². The lowest BCUT2D eigenvalue weighted by Crippen LogP contribution is -2.22. The summed E-state index contributed by atoms with van der Waals surface area (Å²) in [5, 5.41) is 11.0. The van der Waals surface area contributed by atoms with Gasteiger partial charge in [0.05, 0.1) is 11.4 Å². The van der Waals surface area contributed by atoms with E-state index in [1.165, 1.54) is 30.3 Å². The smallest absolute Gasteiger partial charge is 0.328 e. The van der Waals surface area contributed by atoms with E-state index in [1.54, 1.807) is 12.1 Å². The van der Waals surface area contributed by atoms with Crippen molar-refractivity contribution < 1.29 is 19.1 Å². The second-order valence-electron chi connectivity index (χ2n) is 4.95. The van der Waals surface area contributed by atoms with Crippen molar-refractivity contribution in [2.45, 2.75) is 0 Å². The maximum Gasteiger partial charge on any atom is 0.328 e. The number of carboxylic acids is 1. The molecule has 128 valence electrons. The summed E-state index contributed by atoms with van der Waals surface area (Å²) in [5.74, 6) is -2.52. The van der Waals surface area contributed by atoms with Gasteiger partial charge in [0, 0.05) is 11.6 Å². The first-order valence-corrected chi connectivity index (χ1v) is 7.07. The Morgan fingerprint density at radius 2 is 1.92 bits per heavy atom. The molecule has 0 heterocycles. The number of hydrogen-bond acceptors (Lipinski definition) is 3. The standard InChI is InChI=1S/C17H15FN4O3/c18-13-8-10(5-7-15(23)24)4-6-14(13)22-16(25)11-2-1-3-12(9-11)21-17(19)20/h1-9H,(H,22,25)(H,23,24)(H4,19,20,21)/b7-5+. The number of carboxylic acid groups (broad SMARTS) is 1. The molecule has 2 rings (SSSR count). The third-order valence-corrected chi connectivity index (χ3v) is 3.03. The monoisotopic (exact) mass is 342 g/mol. The van der Waals surface area contributed by atoms with Crippen LogP contribution < -0.4 is 16.8 Å². The lowest BCUT2D eigenvalue weighted by Gasteiger charge is -2.08. The third-order valence-electron chi connectivity index (χ3n) is 3.03. The van der Waals surface area contributed by atoms with Crippen LogP contribution in [0.2, 0.25) is 0 Å². The normalized spacial score (nSPS) is 10.4. The molecule has 0 aliphatic heterocycles. The minimum Gasteiger partial charge on any atom is -0.478 e. The molecule has 0 bridgehead atoms. The third kappa shape index (κ3) is 5.17. The molecular formula is C17H15FN4O3. The van der Waals surface area contributed by atoms with Crippen LogP contribution in [0.4, 0.5) is 15.8 Å². The molecule has 1 amide bonds. The fourth-order valence-corrected chi connectivity index (χ4v) is 1.96. The van der Waals surface area contributed by atoms with Crippen molar-refractivity contribution in [1.29, 1.82) is 0 Å². The van der Waals surface area contributed by atoms with E-state index in [9.17, 15) is 14.0 Å². The van der Waals surface area contributed by atoms with Gasteiger partial charge in [-0.05, 0) is 42.0 Å². The summed E-state index contributed by atoms with van der Waals surface area (Å²) >= 11 is 0. The van der Waals surface area contributed by atoms with Crippen molar-refractivity contribution in [2.24, 2.45) is 16.5 Å². The zero-order valence-corrected chi connectivity index (χ0v) is 12.9. The molecule has 0 aromatic heterocycles. The predicted octanol–water partition coefficient (Wildman–Crippen LogP) is 2.08. The first-order valence-electron chi connectivity index (χ1n) is 7.07. The number of guanidine groups is 1. The lowest BCUT2D eigenvalue weighted by molar-refractivity contribution is -0.131. The Morgan fingerprint density at radius 3 is 2.56 bits per heavy atom. The highest BCUT2D eigenvalue weighted by Gasteiger charge is 2.10. The number of carbonyl (C=O) groups is 2. The highest BCUT2D eigenvalue weighted by molar-refractivity contribution is 6.05. The first-order chi connectivity index (χ1) is 11.8. The number of nitrogens with two attached hydrogens (primary N) is 2. The Morgan fingerprint density at radius 1 is 1.16 bits per heavy atom. The first kappa shape index (κ1) is 17.7. The van der Waals surface area contributed by atoms with Crippen LogP contribution in [0.5, 0.6) is 0 Å². The Hall–Kier alpha value is -3.68. The van der Waals surface area contributed by atoms with Gasteiger partial charge in [-0.15, -0.1) is 0 Å². The fourth-order valence-electron chi connectivity index (χ4n) is 1.96. The van der Waals surface area contributed by atoms with Crippen molar-refractivity contribution in [3.63, 3.8) is 0 Å². The Labute approximate surface area is 142 Å². The van der Waals surface area contributed by atoms with Crippen LogP contribution in [-0.4, -0.2) is 22.9 Å². The molecule has 25 heavy (non-hydrogen) atoms. The number of halogens is 1. The molecule has 0 spiro atoms. The van der Waals surface area contributed by atoms with E-state index < -0.39 is 17.7 Å². The van der Waals surface area contributed by atoms with Gasteiger partial charge in [-0.25, -0.2) is 14.2 Å². The van der Waals surface area contributed by atoms with E-state index in [2.05, 4.69) is 10.3 Å². The summed E-state index contributed by atoms with van der Waals surface area (Å²) in [6.07, 6.45) is 2.14. The molecule has 0 radical (unpaired) electrons. The summed E-state index contributed by atoms with van der Waals surface area (Å²) < 4.78 is 14.1. The van der Waals surface area contributed by atoms with E-state index in [4.69, 9.17) is 16.6 Å². The van der Waals surface area contributed by atoms with Gasteiger partial charge in [-0.3, -0.25) is 4.79 Å². The molecule has 8 heteroatoms. The minimum absolute atomic E-state index is 0.0373. The zero-order valence-electron chi connectivity index (χ0n) is 12.9. The molecule has 0 atom stereocenters. The summed E-state index contributed by atoms with van der Waals surface area (Å²) in [6, 6.07) is 10.1. The molecule has 2 aromatic carbocycles. The van der Waals surface area contributed by atoms with Crippen LogP contribution in [0.1, 0.15) is 15.9 Å². The van der Waals surface area contributed by atoms with Gasteiger partial charge in [0.1, 0.15) is 5.82 Å². The Bertz CT molecular complexity index is 874. The van der Waals surface area contributed by atoms with Crippen LogP contribution in [0, 0.1) is 5.82 Å². The van der Waals surface area contributed by atoms with Crippen LogP contribution in [-0.2, 0) is 4.79 Å². The van der Waals surface area contributed by atoms with Crippen molar-refractivity contribution in [1.82, 2.24) is 0 Å². The minimum atomic E-state index is -1.14. The topological polar surface area (TPSA) is 131 Å². The highest BCUT2D eigenvalue weighted by Crippen LogP contribution is 2.19. The van der Waals surface area contributed by atoms with Gasteiger partial charge in [0.25, 0.3) is 5.91 Å². The summed E-state index contributed by atoms with van der Waals surface area (Å²) in [7, 11) is 0. The van der Waals surface area contributed by atoms with Gasteiger partial charge in [-0.2, -0.15) is 0 Å². The summed E-state index contributed by atoms with van der Waals surface area (Å²) in [5.41, 5.74) is 11.5. The number of hydrogen-bond donors (Lipinski definition) is 4. The number of carbonyl (C=O) groups excluding carboxylic acids is 1. The number of amides is 1.